The third-order valence-electron chi connectivity index (χ3n) is 2.19. The van der Waals surface area contributed by atoms with E-state index < -0.39 is 37.3 Å². The van der Waals surface area contributed by atoms with Crippen LogP contribution >= 0.6 is 0 Å². The van der Waals surface area contributed by atoms with Gasteiger partial charge in [0.1, 0.15) is 24.9 Å². The maximum absolute atomic E-state index is 9.99. The summed E-state index contributed by atoms with van der Waals surface area (Å²) in [6.07, 6.45) is -3.89. The molecule has 0 unspecified atom stereocenters. The first-order valence-electron chi connectivity index (χ1n) is 4.24. The molecule has 1 aliphatic rings. The van der Waals surface area contributed by atoms with E-state index in [9.17, 15) is 15.0 Å². The second kappa shape index (κ2) is 4.84. The summed E-state index contributed by atoms with van der Waals surface area (Å²) in [6, 6.07) is 0. The monoisotopic (exact) mass is 223 g/mol. The van der Waals surface area contributed by atoms with Crippen molar-refractivity contribution < 1.29 is 34.8 Å². The van der Waals surface area contributed by atoms with Gasteiger partial charge < -0.3 is 25.2 Å². The lowest BCUT2D eigenvalue weighted by Crippen LogP contribution is -2.51. The fraction of sp³-hybridized carbons (Fsp3) is 0.857. The van der Waals surface area contributed by atoms with Crippen molar-refractivity contribution in [2.45, 2.75) is 24.1 Å². The quantitative estimate of drug-likeness (QED) is 0.241. The molecule has 8 nitrogen and oxygen atoms in total. The minimum Gasteiger partial charge on any atom is -0.394 e. The van der Waals surface area contributed by atoms with E-state index in [-0.39, 0.29) is 6.41 Å². The number of aliphatic hydroxyl groups is 4. The van der Waals surface area contributed by atoms with Crippen LogP contribution in [0.3, 0.4) is 0 Å². The zero-order valence-corrected chi connectivity index (χ0v) is 7.74. The number of amides is 1. The van der Waals surface area contributed by atoms with Crippen LogP contribution in [0.15, 0.2) is 0 Å². The molecule has 1 aliphatic heterocycles. The lowest BCUT2D eigenvalue weighted by molar-refractivity contribution is -0.295. The molecule has 0 aromatic rings. The first-order chi connectivity index (χ1) is 7.11. The second-order valence-electron chi connectivity index (χ2n) is 3.08. The van der Waals surface area contributed by atoms with Crippen LogP contribution in [0.1, 0.15) is 0 Å². The van der Waals surface area contributed by atoms with Gasteiger partial charge in [0, 0.05) is 0 Å². The zero-order valence-electron chi connectivity index (χ0n) is 7.74. The van der Waals surface area contributed by atoms with E-state index in [0.29, 0.717) is 0 Å². The summed E-state index contributed by atoms with van der Waals surface area (Å²) in [5, 5.41) is 36.7. The van der Waals surface area contributed by atoms with Gasteiger partial charge in [0.25, 0.3) is 0 Å². The lowest BCUT2D eigenvalue weighted by Gasteiger charge is -2.28. The van der Waals surface area contributed by atoms with Crippen LogP contribution in [-0.4, -0.2) is 64.1 Å². The first kappa shape index (κ1) is 12.3. The van der Waals surface area contributed by atoms with Crippen LogP contribution < -0.4 is 5.48 Å². The zero-order chi connectivity index (χ0) is 11.5. The van der Waals surface area contributed by atoms with Crippen LogP contribution in [0.5, 0.6) is 0 Å². The van der Waals surface area contributed by atoms with E-state index in [1.165, 1.54) is 0 Å². The highest BCUT2D eigenvalue weighted by Gasteiger charge is 2.55. The number of hydroxylamine groups is 1. The van der Waals surface area contributed by atoms with Crippen LogP contribution in [-0.2, 0) is 14.4 Å². The highest BCUT2D eigenvalue weighted by molar-refractivity contribution is 5.43. The van der Waals surface area contributed by atoms with Crippen molar-refractivity contribution in [3.8, 4) is 0 Å². The Bertz CT molecular complexity index is 225. The Labute approximate surface area is 85.0 Å². The van der Waals surface area contributed by atoms with Gasteiger partial charge in [-0.2, -0.15) is 0 Å². The predicted octanol–water partition coefficient (Wildman–Crippen LogP) is -3.53. The summed E-state index contributed by atoms with van der Waals surface area (Å²) in [5.41, 5.74) is 1.76. The minimum absolute atomic E-state index is 0.173. The Morgan fingerprint density at radius 3 is 2.53 bits per heavy atom. The molecular weight excluding hydrogens is 210 g/mol. The molecule has 5 N–H and O–H groups in total. The number of ether oxygens (including phenoxy) is 1. The van der Waals surface area contributed by atoms with Crippen molar-refractivity contribution in [3.63, 3.8) is 0 Å². The van der Waals surface area contributed by atoms with Gasteiger partial charge in [-0.1, -0.05) is 0 Å². The van der Waals surface area contributed by atoms with Gasteiger partial charge in [0.2, 0.25) is 12.2 Å². The molecule has 0 bridgehead atoms. The maximum Gasteiger partial charge on any atom is 0.246 e. The summed E-state index contributed by atoms with van der Waals surface area (Å²) in [6.45, 7) is -1.34. The molecule has 0 saturated carbocycles. The van der Waals surface area contributed by atoms with Crippen molar-refractivity contribution in [2.24, 2.45) is 0 Å². The standard InChI is InChI=1S/C7H13NO7/c9-1-4-5(12)6(13)7(2-10,14-4)15-8-3-11/h3-6,9-10,12-13H,1-2H2,(H,8,11)/t4-,5+,6-,7-/m1/s1. The number of rotatable bonds is 5. The molecule has 0 spiro atoms. The van der Waals surface area contributed by atoms with E-state index in [1.807, 2.05) is 0 Å². The highest BCUT2D eigenvalue weighted by Crippen LogP contribution is 2.31. The summed E-state index contributed by atoms with van der Waals surface area (Å²) in [4.78, 5) is 14.6. The molecule has 88 valence electrons. The molecule has 1 rings (SSSR count). The molecular formula is C7H13NO7. The van der Waals surface area contributed by atoms with Crippen molar-refractivity contribution in [1.82, 2.24) is 5.48 Å². The molecule has 1 amide bonds. The van der Waals surface area contributed by atoms with Crippen molar-refractivity contribution in [2.75, 3.05) is 13.2 Å². The third kappa shape index (κ3) is 2.09. The molecule has 0 radical (unpaired) electrons. The molecule has 0 aliphatic carbocycles. The minimum atomic E-state index is -1.95. The smallest absolute Gasteiger partial charge is 0.246 e. The van der Waals surface area contributed by atoms with Gasteiger partial charge in [0.15, 0.2) is 0 Å². The van der Waals surface area contributed by atoms with Gasteiger partial charge in [-0.3, -0.25) is 4.79 Å². The molecule has 1 saturated heterocycles. The fourth-order valence-corrected chi connectivity index (χ4v) is 1.38. The Hall–Kier alpha value is -0.770. The molecule has 4 atom stereocenters. The van der Waals surface area contributed by atoms with Gasteiger partial charge in [-0.15, -0.1) is 0 Å². The van der Waals surface area contributed by atoms with Crippen molar-refractivity contribution in [1.29, 1.82) is 0 Å². The number of hydrogen-bond acceptors (Lipinski definition) is 7. The Morgan fingerprint density at radius 2 is 2.13 bits per heavy atom. The Morgan fingerprint density at radius 1 is 1.47 bits per heavy atom. The molecule has 1 heterocycles. The fourth-order valence-electron chi connectivity index (χ4n) is 1.38. The van der Waals surface area contributed by atoms with Crippen LogP contribution in [0.2, 0.25) is 0 Å². The topological polar surface area (TPSA) is 128 Å². The van der Waals surface area contributed by atoms with E-state index in [4.69, 9.17) is 14.9 Å². The summed E-state index contributed by atoms with van der Waals surface area (Å²) in [7, 11) is 0. The number of carbonyl (C=O) groups excluding carboxylic acids is 1. The van der Waals surface area contributed by atoms with E-state index >= 15 is 0 Å². The summed E-state index contributed by atoms with van der Waals surface area (Å²) < 4.78 is 4.93. The summed E-state index contributed by atoms with van der Waals surface area (Å²) in [5.74, 6) is -1.95. The SMILES string of the molecule is O=CNO[C@@]1(CO)O[C@H](CO)[C@H](O)[C@H]1O. The molecule has 1 fully saturated rings. The average Bonchev–Trinajstić information content (AvgIpc) is 2.51. The maximum atomic E-state index is 9.99. The molecule has 0 aromatic carbocycles. The van der Waals surface area contributed by atoms with Crippen LogP contribution in [0, 0.1) is 0 Å². The van der Waals surface area contributed by atoms with Gasteiger partial charge in [-0.05, 0) is 0 Å². The largest absolute Gasteiger partial charge is 0.394 e. The number of nitrogens with one attached hydrogen (secondary N) is 1. The Balaban J connectivity index is 2.76. The van der Waals surface area contributed by atoms with Gasteiger partial charge in [-0.25, -0.2) is 10.3 Å². The predicted molar refractivity (Wildman–Crippen MR) is 44.1 cm³/mol. The van der Waals surface area contributed by atoms with Crippen LogP contribution in [0.4, 0.5) is 0 Å². The second-order valence-corrected chi connectivity index (χ2v) is 3.08. The van der Waals surface area contributed by atoms with E-state index in [2.05, 4.69) is 4.84 Å². The van der Waals surface area contributed by atoms with Gasteiger partial charge >= 0.3 is 0 Å². The highest BCUT2D eigenvalue weighted by atomic mass is 16.8. The molecule has 15 heavy (non-hydrogen) atoms. The lowest BCUT2D eigenvalue weighted by atomic mass is 10.1. The molecule has 8 heteroatoms. The van der Waals surface area contributed by atoms with Crippen LogP contribution in [0.25, 0.3) is 0 Å². The number of aliphatic hydroxyl groups excluding tert-OH is 4. The number of carbonyl (C=O) groups is 1. The summed E-state index contributed by atoms with van der Waals surface area (Å²) >= 11 is 0. The average molecular weight is 223 g/mol. The van der Waals surface area contributed by atoms with E-state index in [0.717, 1.165) is 0 Å². The number of hydrogen-bond donors (Lipinski definition) is 5. The van der Waals surface area contributed by atoms with Crippen molar-refractivity contribution >= 4 is 6.41 Å². The third-order valence-corrected chi connectivity index (χ3v) is 2.19. The first-order valence-corrected chi connectivity index (χ1v) is 4.24. The normalized spacial score (nSPS) is 40.4. The Kier molecular flexibility index (Phi) is 3.97. The van der Waals surface area contributed by atoms with E-state index in [1.54, 1.807) is 5.48 Å². The van der Waals surface area contributed by atoms with Crippen molar-refractivity contribution in [3.05, 3.63) is 0 Å². The molecule has 0 aromatic heterocycles. The van der Waals surface area contributed by atoms with Gasteiger partial charge in [0.05, 0.1) is 6.61 Å².